The van der Waals surface area contributed by atoms with E-state index in [2.05, 4.69) is 24.1 Å². The molecule has 0 atom stereocenters. The fourth-order valence-electron chi connectivity index (χ4n) is 2.46. The lowest BCUT2D eigenvalue weighted by Gasteiger charge is -2.36. The molecule has 1 heterocycles. The Kier molecular flexibility index (Phi) is 6.06. The maximum absolute atomic E-state index is 11.3. The second-order valence-corrected chi connectivity index (χ2v) is 6.67. The fraction of sp³-hybridized carbons (Fsp3) is 0.625. The summed E-state index contributed by atoms with van der Waals surface area (Å²) < 4.78 is 5.89. The van der Waals surface area contributed by atoms with Crippen molar-refractivity contribution in [1.29, 1.82) is 0 Å². The van der Waals surface area contributed by atoms with Crippen LogP contribution in [0.3, 0.4) is 0 Å². The molecule has 0 amide bonds. The van der Waals surface area contributed by atoms with Crippen molar-refractivity contribution in [3.05, 3.63) is 23.9 Å². The average Bonchev–Trinajstić information content (AvgIpc) is 2.42. The third kappa shape index (κ3) is 5.32. The highest BCUT2D eigenvalue weighted by molar-refractivity contribution is 8.13. The summed E-state index contributed by atoms with van der Waals surface area (Å²) in [6, 6.07) is 4.99. The fourth-order valence-corrected chi connectivity index (χ4v) is 2.77. The Hall–Kier alpha value is -1.07. The van der Waals surface area contributed by atoms with Gasteiger partial charge in [0.25, 0.3) is 0 Å². The van der Waals surface area contributed by atoms with Crippen LogP contribution in [-0.2, 0) is 11.2 Å². The number of hydrogen-bond donors (Lipinski definition) is 1. The Bertz CT molecular complexity index is 473. The van der Waals surface area contributed by atoms with Crippen LogP contribution < -0.4 is 10.1 Å². The number of carbonyl (C=O) groups excluding carboxylic acids is 1. The first-order valence-electron chi connectivity index (χ1n) is 7.51. The Labute approximate surface area is 131 Å². The van der Waals surface area contributed by atoms with Gasteiger partial charge in [0.2, 0.25) is 5.88 Å². The Balaban J connectivity index is 1.78. The maximum atomic E-state index is 11.3. The molecule has 4 nitrogen and oxygen atoms in total. The number of thioether (sulfide) groups is 1. The van der Waals surface area contributed by atoms with Crippen LogP contribution in [0.15, 0.2) is 18.3 Å². The molecular formula is C16H24N2O2S. The lowest BCUT2D eigenvalue weighted by molar-refractivity contribution is -0.110. The van der Waals surface area contributed by atoms with Crippen molar-refractivity contribution in [1.82, 2.24) is 10.3 Å². The molecule has 2 rings (SSSR count). The summed E-state index contributed by atoms with van der Waals surface area (Å²) in [6.45, 7) is 4.32. The third-order valence-electron chi connectivity index (χ3n) is 3.60. The van der Waals surface area contributed by atoms with Crippen LogP contribution >= 0.6 is 11.8 Å². The van der Waals surface area contributed by atoms with Crippen molar-refractivity contribution in [2.24, 2.45) is 0 Å². The van der Waals surface area contributed by atoms with E-state index in [9.17, 15) is 4.79 Å². The number of carbonyl (C=O) groups is 1. The van der Waals surface area contributed by atoms with Crippen molar-refractivity contribution >= 4 is 16.9 Å². The molecule has 1 aliphatic carbocycles. The van der Waals surface area contributed by atoms with Gasteiger partial charge in [0.05, 0.1) is 0 Å². The van der Waals surface area contributed by atoms with Gasteiger partial charge in [-0.2, -0.15) is 0 Å². The Morgan fingerprint density at radius 1 is 1.52 bits per heavy atom. The molecule has 0 unspecified atom stereocenters. The Morgan fingerprint density at radius 3 is 2.95 bits per heavy atom. The SMILES string of the molecule is CSC(=O)CCc1ccnc(O[C@H]2C[C@@H](NC(C)C)C2)c1. The first-order chi connectivity index (χ1) is 10.1. The molecule has 5 heteroatoms. The predicted molar refractivity (Wildman–Crippen MR) is 86.8 cm³/mol. The van der Waals surface area contributed by atoms with Gasteiger partial charge in [-0.15, -0.1) is 0 Å². The van der Waals surface area contributed by atoms with E-state index in [1.165, 1.54) is 11.8 Å². The first kappa shape index (κ1) is 16.3. The molecule has 0 saturated heterocycles. The largest absolute Gasteiger partial charge is 0.474 e. The summed E-state index contributed by atoms with van der Waals surface area (Å²) in [5.74, 6) is 0.678. The van der Waals surface area contributed by atoms with E-state index in [4.69, 9.17) is 4.74 Å². The van der Waals surface area contributed by atoms with E-state index in [1.54, 1.807) is 6.20 Å². The second kappa shape index (κ2) is 7.80. The minimum absolute atomic E-state index is 0.218. The molecular weight excluding hydrogens is 284 g/mol. The van der Waals surface area contributed by atoms with Crippen molar-refractivity contribution < 1.29 is 9.53 Å². The zero-order chi connectivity index (χ0) is 15.2. The van der Waals surface area contributed by atoms with E-state index in [1.807, 2.05) is 18.4 Å². The Morgan fingerprint density at radius 2 is 2.29 bits per heavy atom. The predicted octanol–water partition coefficient (Wildman–Crippen LogP) is 2.81. The molecule has 0 bridgehead atoms. The van der Waals surface area contributed by atoms with Crippen molar-refractivity contribution in [3.8, 4) is 5.88 Å². The molecule has 1 N–H and O–H groups in total. The summed E-state index contributed by atoms with van der Waals surface area (Å²) in [4.78, 5) is 15.6. The number of nitrogens with zero attached hydrogens (tertiary/aromatic N) is 1. The van der Waals surface area contributed by atoms with Crippen LogP contribution in [-0.4, -0.2) is 34.5 Å². The zero-order valence-electron chi connectivity index (χ0n) is 13.0. The maximum Gasteiger partial charge on any atom is 0.213 e. The number of ether oxygens (including phenoxy) is 1. The molecule has 1 aliphatic rings. The van der Waals surface area contributed by atoms with Gasteiger partial charge in [-0.3, -0.25) is 4.79 Å². The molecule has 1 aromatic rings. The van der Waals surface area contributed by atoms with Gasteiger partial charge in [0, 0.05) is 30.8 Å². The molecule has 1 saturated carbocycles. The van der Waals surface area contributed by atoms with Gasteiger partial charge in [-0.25, -0.2) is 4.98 Å². The molecule has 1 aromatic heterocycles. The lowest BCUT2D eigenvalue weighted by atomic mass is 9.89. The van der Waals surface area contributed by atoms with Gasteiger partial charge in [-0.05, 0) is 37.1 Å². The van der Waals surface area contributed by atoms with Gasteiger partial charge in [0.15, 0.2) is 5.12 Å². The summed E-state index contributed by atoms with van der Waals surface area (Å²) >= 11 is 1.28. The monoisotopic (exact) mass is 308 g/mol. The minimum Gasteiger partial charge on any atom is -0.474 e. The molecule has 0 aliphatic heterocycles. The lowest BCUT2D eigenvalue weighted by Crippen LogP contribution is -2.49. The van der Waals surface area contributed by atoms with Crippen molar-refractivity contribution in [3.63, 3.8) is 0 Å². The molecule has 0 radical (unpaired) electrons. The number of hydrogen-bond acceptors (Lipinski definition) is 5. The second-order valence-electron chi connectivity index (χ2n) is 5.81. The van der Waals surface area contributed by atoms with Crippen molar-refractivity contribution in [2.45, 2.75) is 57.7 Å². The molecule has 21 heavy (non-hydrogen) atoms. The first-order valence-corrected chi connectivity index (χ1v) is 8.73. The number of aryl methyl sites for hydroxylation is 1. The van der Waals surface area contributed by atoms with Crippen LogP contribution in [0, 0.1) is 0 Å². The van der Waals surface area contributed by atoms with Crippen LogP contribution in [0.25, 0.3) is 0 Å². The van der Waals surface area contributed by atoms with Crippen LogP contribution in [0.4, 0.5) is 0 Å². The number of nitrogens with one attached hydrogen (secondary N) is 1. The summed E-state index contributed by atoms with van der Waals surface area (Å²) in [5, 5.41) is 3.72. The topological polar surface area (TPSA) is 51.2 Å². The number of rotatable bonds is 7. The van der Waals surface area contributed by atoms with E-state index >= 15 is 0 Å². The number of pyridine rings is 1. The van der Waals surface area contributed by atoms with E-state index in [0.29, 0.717) is 24.4 Å². The molecule has 1 fully saturated rings. The highest BCUT2D eigenvalue weighted by Crippen LogP contribution is 2.25. The van der Waals surface area contributed by atoms with Gasteiger partial charge >= 0.3 is 0 Å². The van der Waals surface area contributed by atoms with E-state index in [0.717, 1.165) is 24.8 Å². The van der Waals surface area contributed by atoms with Gasteiger partial charge in [0.1, 0.15) is 6.10 Å². The minimum atomic E-state index is 0.218. The molecule has 116 valence electrons. The summed E-state index contributed by atoms with van der Waals surface area (Å²) in [7, 11) is 0. The summed E-state index contributed by atoms with van der Waals surface area (Å²) in [5.41, 5.74) is 1.11. The third-order valence-corrected chi connectivity index (χ3v) is 4.26. The quantitative estimate of drug-likeness (QED) is 0.839. The molecule has 0 spiro atoms. The average molecular weight is 308 g/mol. The van der Waals surface area contributed by atoms with Gasteiger partial charge in [-0.1, -0.05) is 25.6 Å². The van der Waals surface area contributed by atoms with Crippen LogP contribution in [0.2, 0.25) is 0 Å². The normalized spacial score (nSPS) is 21.1. The van der Waals surface area contributed by atoms with Gasteiger partial charge < -0.3 is 10.1 Å². The van der Waals surface area contributed by atoms with E-state index in [-0.39, 0.29) is 11.2 Å². The number of aromatic nitrogens is 1. The van der Waals surface area contributed by atoms with Crippen LogP contribution in [0.5, 0.6) is 5.88 Å². The zero-order valence-corrected chi connectivity index (χ0v) is 13.8. The smallest absolute Gasteiger partial charge is 0.213 e. The summed E-state index contributed by atoms with van der Waals surface area (Å²) in [6.07, 6.45) is 7.23. The van der Waals surface area contributed by atoms with E-state index < -0.39 is 0 Å². The van der Waals surface area contributed by atoms with Crippen LogP contribution in [0.1, 0.15) is 38.7 Å². The molecule has 0 aromatic carbocycles. The highest BCUT2D eigenvalue weighted by Gasteiger charge is 2.31. The van der Waals surface area contributed by atoms with Crippen molar-refractivity contribution in [2.75, 3.05) is 6.26 Å². The highest BCUT2D eigenvalue weighted by atomic mass is 32.2. The standard InChI is InChI=1S/C16H24N2O2S/c1-11(2)18-13-9-14(10-13)20-15-8-12(6-7-17-15)4-5-16(19)21-3/h6-8,11,13-14,18H,4-5,9-10H2,1-3H3/t13-,14+.